The van der Waals surface area contributed by atoms with Crippen molar-refractivity contribution >= 4 is 34.0 Å². The lowest BCUT2D eigenvalue weighted by Crippen LogP contribution is -2.49. The SMILES string of the molecule is Cc1ccc(S(=O)(=O)N2CCNCC2c2nccn2C)cc1Cl.Cl. The minimum atomic E-state index is -3.64. The van der Waals surface area contributed by atoms with E-state index in [2.05, 4.69) is 10.3 Å². The monoisotopic (exact) mass is 390 g/mol. The molecule has 1 aliphatic rings. The highest BCUT2D eigenvalue weighted by Crippen LogP contribution is 2.29. The second kappa shape index (κ2) is 7.41. The Morgan fingerprint density at radius 1 is 1.38 bits per heavy atom. The van der Waals surface area contributed by atoms with Crippen LogP contribution in [0, 0.1) is 6.92 Å². The first-order valence-electron chi connectivity index (χ1n) is 7.37. The van der Waals surface area contributed by atoms with E-state index in [-0.39, 0.29) is 23.3 Å². The van der Waals surface area contributed by atoms with Crippen molar-refractivity contribution < 1.29 is 8.42 Å². The number of aromatic nitrogens is 2. The molecule has 2 aromatic rings. The number of benzene rings is 1. The van der Waals surface area contributed by atoms with Crippen LogP contribution >= 0.6 is 24.0 Å². The summed E-state index contributed by atoms with van der Waals surface area (Å²) in [6, 6.07) is 4.51. The maximum Gasteiger partial charge on any atom is 0.243 e. The molecule has 6 nitrogen and oxygen atoms in total. The van der Waals surface area contributed by atoms with Gasteiger partial charge in [0.05, 0.1) is 10.9 Å². The highest BCUT2D eigenvalue weighted by molar-refractivity contribution is 7.89. The molecule has 0 aliphatic carbocycles. The molecule has 1 atom stereocenters. The lowest BCUT2D eigenvalue weighted by molar-refractivity contribution is 0.258. The highest BCUT2D eigenvalue weighted by Gasteiger charge is 2.36. The fourth-order valence-electron chi connectivity index (χ4n) is 2.76. The molecule has 9 heteroatoms. The van der Waals surface area contributed by atoms with E-state index >= 15 is 0 Å². The number of rotatable bonds is 3. The molecule has 1 saturated heterocycles. The number of imidazole rings is 1. The summed E-state index contributed by atoms with van der Waals surface area (Å²) in [6.07, 6.45) is 3.50. The first-order chi connectivity index (χ1) is 10.9. The van der Waals surface area contributed by atoms with E-state index in [9.17, 15) is 8.42 Å². The molecule has 3 rings (SSSR count). The van der Waals surface area contributed by atoms with E-state index in [1.54, 1.807) is 18.3 Å². The van der Waals surface area contributed by atoms with Gasteiger partial charge in [-0.2, -0.15) is 4.31 Å². The number of nitrogens with zero attached hydrogens (tertiary/aromatic N) is 3. The third-order valence-electron chi connectivity index (χ3n) is 4.10. The summed E-state index contributed by atoms with van der Waals surface area (Å²) in [7, 11) is -1.77. The molecule has 24 heavy (non-hydrogen) atoms. The van der Waals surface area contributed by atoms with Gasteiger partial charge in [-0.3, -0.25) is 0 Å². The molecular formula is C15H20Cl2N4O2S. The van der Waals surface area contributed by atoms with Crippen molar-refractivity contribution in [1.82, 2.24) is 19.2 Å². The Morgan fingerprint density at radius 3 is 2.75 bits per heavy atom. The first-order valence-corrected chi connectivity index (χ1v) is 9.19. The van der Waals surface area contributed by atoms with Crippen LogP contribution in [0.1, 0.15) is 17.4 Å². The number of hydrogen-bond acceptors (Lipinski definition) is 4. The van der Waals surface area contributed by atoms with Gasteiger partial charge in [0.2, 0.25) is 10.0 Å². The topological polar surface area (TPSA) is 67.2 Å². The highest BCUT2D eigenvalue weighted by atomic mass is 35.5. The van der Waals surface area contributed by atoms with Crippen LogP contribution in [0.15, 0.2) is 35.5 Å². The van der Waals surface area contributed by atoms with Gasteiger partial charge in [-0.25, -0.2) is 13.4 Å². The zero-order valence-electron chi connectivity index (χ0n) is 13.4. The van der Waals surface area contributed by atoms with Crippen molar-refractivity contribution in [3.05, 3.63) is 47.0 Å². The predicted molar refractivity (Wildman–Crippen MR) is 96.1 cm³/mol. The standard InChI is InChI=1S/C15H19ClN4O2S.ClH/c1-11-3-4-12(9-13(11)16)23(21,22)20-8-5-17-10-14(20)15-18-6-7-19(15)2;/h3-4,6-7,9,14,17H,5,8,10H2,1-2H3;1H. The Hall–Kier alpha value is -1.12. The molecule has 0 spiro atoms. The van der Waals surface area contributed by atoms with Gasteiger partial charge in [-0.05, 0) is 24.6 Å². The average molecular weight is 391 g/mol. The number of halogens is 2. The maximum absolute atomic E-state index is 13.1. The molecule has 1 aliphatic heterocycles. The van der Waals surface area contributed by atoms with E-state index in [1.807, 2.05) is 24.7 Å². The Morgan fingerprint density at radius 2 is 2.12 bits per heavy atom. The van der Waals surface area contributed by atoms with Crippen LogP contribution in [0.3, 0.4) is 0 Å². The van der Waals surface area contributed by atoms with Crippen molar-refractivity contribution in [2.45, 2.75) is 17.9 Å². The Bertz CT molecular complexity index is 823. The molecule has 0 radical (unpaired) electrons. The average Bonchev–Trinajstić information content (AvgIpc) is 2.96. The number of sulfonamides is 1. The summed E-state index contributed by atoms with van der Waals surface area (Å²) in [6.45, 7) is 3.38. The summed E-state index contributed by atoms with van der Waals surface area (Å²) in [4.78, 5) is 4.54. The molecule has 2 heterocycles. The van der Waals surface area contributed by atoms with E-state index in [4.69, 9.17) is 11.6 Å². The molecular weight excluding hydrogens is 371 g/mol. The summed E-state index contributed by atoms with van der Waals surface area (Å²) < 4.78 is 29.5. The fourth-order valence-corrected chi connectivity index (χ4v) is 4.62. The van der Waals surface area contributed by atoms with Gasteiger partial charge in [-0.15, -0.1) is 12.4 Å². The minimum absolute atomic E-state index is 0. The quantitative estimate of drug-likeness (QED) is 0.871. The van der Waals surface area contributed by atoms with Crippen LogP contribution in [0.5, 0.6) is 0 Å². The van der Waals surface area contributed by atoms with Crippen molar-refractivity contribution in [1.29, 1.82) is 0 Å². The third-order valence-corrected chi connectivity index (χ3v) is 6.41. The van der Waals surface area contributed by atoms with Gasteiger partial charge in [0.15, 0.2) is 0 Å². The molecule has 1 aromatic heterocycles. The summed E-state index contributed by atoms with van der Waals surface area (Å²) in [5.41, 5.74) is 0.853. The zero-order valence-corrected chi connectivity index (χ0v) is 15.8. The lowest BCUT2D eigenvalue weighted by Gasteiger charge is -2.34. The molecule has 0 bridgehead atoms. The van der Waals surface area contributed by atoms with Crippen LogP contribution in [0.2, 0.25) is 5.02 Å². The molecule has 0 saturated carbocycles. The van der Waals surface area contributed by atoms with Crippen molar-refractivity contribution in [2.24, 2.45) is 7.05 Å². The van der Waals surface area contributed by atoms with E-state index in [0.29, 0.717) is 24.7 Å². The first kappa shape index (κ1) is 19.2. The van der Waals surface area contributed by atoms with Gasteiger partial charge >= 0.3 is 0 Å². The number of aryl methyl sites for hydroxylation is 2. The van der Waals surface area contributed by atoms with Crippen molar-refractivity contribution in [3.63, 3.8) is 0 Å². The maximum atomic E-state index is 13.1. The second-order valence-corrected chi connectivity index (χ2v) is 7.94. The fraction of sp³-hybridized carbons (Fsp3) is 0.400. The largest absolute Gasteiger partial charge is 0.337 e. The van der Waals surface area contributed by atoms with Crippen LogP contribution < -0.4 is 5.32 Å². The van der Waals surface area contributed by atoms with E-state index in [1.165, 1.54) is 10.4 Å². The Kier molecular flexibility index (Phi) is 5.93. The summed E-state index contributed by atoms with van der Waals surface area (Å²) in [5, 5.41) is 3.69. The van der Waals surface area contributed by atoms with E-state index < -0.39 is 10.0 Å². The van der Waals surface area contributed by atoms with Crippen LogP contribution in [0.4, 0.5) is 0 Å². The molecule has 1 unspecified atom stereocenters. The molecule has 1 N–H and O–H groups in total. The lowest BCUT2D eigenvalue weighted by atomic mass is 10.2. The summed E-state index contributed by atoms with van der Waals surface area (Å²) in [5.74, 6) is 0.721. The Balaban J connectivity index is 0.00000208. The van der Waals surface area contributed by atoms with Gasteiger partial charge < -0.3 is 9.88 Å². The molecule has 0 amide bonds. The Labute approximate surface area is 153 Å². The number of hydrogen-bond donors (Lipinski definition) is 1. The second-order valence-electron chi connectivity index (χ2n) is 5.64. The van der Waals surface area contributed by atoms with Gasteiger partial charge in [0.1, 0.15) is 5.82 Å². The molecule has 132 valence electrons. The van der Waals surface area contributed by atoms with Gasteiger partial charge in [-0.1, -0.05) is 17.7 Å². The van der Waals surface area contributed by atoms with Crippen molar-refractivity contribution in [3.8, 4) is 0 Å². The van der Waals surface area contributed by atoms with E-state index in [0.717, 1.165) is 11.4 Å². The third kappa shape index (κ3) is 3.45. The van der Waals surface area contributed by atoms with Crippen LogP contribution in [-0.2, 0) is 17.1 Å². The van der Waals surface area contributed by atoms with Crippen LogP contribution in [0.25, 0.3) is 0 Å². The van der Waals surface area contributed by atoms with Gasteiger partial charge in [0, 0.05) is 44.1 Å². The normalized spacial score (nSPS) is 19.0. The minimum Gasteiger partial charge on any atom is -0.337 e. The number of nitrogens with one attached hydrogen (secondary N) is 1. The zero-order chi connectivity index (χ0) is 16.6. The van der Waals surface area contributed by atoms with Crippen molar-refractivity contribution in [2.75, 3.05) is 19.6 Å². The predicted octanol–water partition coefficient (Wildman–Crippen LogP) is 2.14. The van der Waals surface area contributed by atoms with Crippen LogP contribution in [-0.4, -0.2) is 41.9 Å². The molecule has 1 aromatic carbocycles. The molecule has 1 fully saturated rings. The van der Waals surface area contributed by atoms with Gasteiger partial charge in [0.25, 0.3) is 0 Å². The summed E-state index contributed by atoms with van der Waals surface area (Å²) >= 11 is 6.11. The smallest absolute Gasteiger partial charge is 0.243 e. The number of piperazine rings is 1.